The highest BCUT2D eigenvalue weighted by atomic mass is 32.2. The van der Waals surface area contributed by atoms with E-state index in [0.717, 1.165) is 30.3 Å². The Kier molecular flexibility index (Phi) is 6.36. The van der Waals surface area contributed by atoms with Crippen molar-refractivity contribution >= 4 is 23.6 Å². The zero-order valence-corrected chi connectivity index (χ0v) is 15.6. The average molecular weight is 366 g/mol. The number of aryl methyl sites for hydroxylation is 1. The van der Waals surface area contributed by atoms with E-state index in [4.69, 9.17) is 0 Å². The Hall–Kier alpha value is -1.54. The van der Waals surface area contributed by atoms with Gasteiger partial charge < -0.3 is 15.2 Å². The Morgan fingerprint density at radius 2 is 2.24 bits per heavy atom. The monoisotopic (exact) mass is 365 g/mol. The van der Waals surface area contributed by atoms with E-state index in [1.165, 1.54) is 12.8 Å². The summed E-state index contributed by atoms with van der Waals surface area (Å²) in [6.45, 7) is 2.12. The van der Waals surface area contributed by atoms with Gasteiger partial charge in [-0.25, -0.2) is 4.98 Å². The number of hydrogen-bond acceptors (Lipinski definition) is 5. The van der Waals surface area contributed by atoms with Crippen LogP contribution in [0.25, 0.3) is 0 Å². The zero-order chi connectivity index (χ0) is 17.6. The normalized spacial score (nSPS) is 22.1. The molecule has 138 valence electrons. The third kappa shape index (κ3) is 4.76. The minimum Gasteiger partial charge on any atom is -0.355 e. The Bertz CT molecular complexity index is 600. The molecule has 1 unspecified atom stereocenters. The summed E-state index contributed by atoms with van der Waals surface area (Å²) in [5.41, 5.74) is 0. The molecular weight excluding hydrogens is 338 g/mol. The summed E-state index contributed by atoms with van der Waals surface area (Å²) in [4.78, 5) is 31.1. The van der Waals surface area contributed by atoms with E-state index in [-0.39, 0.29) is 24.3 Å². The number of piperazine rings is 1. The van der Waals surface area contributed by atoms with Gasteiger partial charge in [0.05, 0.1) is 12.5 Å². The van der Waals surface area contributed by atoms with Gasteiger partial charge in [-0.15, -0.1) is 0 Å². The fourth-order valence-corrected chi connectivity index (χ4v) is 4.47. The van der Waals surface area contributed by atoms with E-state index < -0.39 is 0 Å². The number of aromatic nitrogens is 2. The van der Waals surface area contributed by atoms with E-state index in [0.29, 0.717) is 19.1 Å². The number of amides is 2. The molecule has 0 bridgehead atoms. The van der Waals surface area contributed by atoms with E-state index in [2.05, 4.69) is 20.5 Å². The highest BCUT2D eigenvalue weighted by Crippen LogP contribution is 2.26. The molecule has 0 radical (unpaired) electrons. The summed E-state index contributed by atoms with van der Waals surface area (Å²) >= 11 is 1.61. The van der Waals surface area contributed by atoms with Crippen LogP contribution in [-0.2, 0) is 16.6 Å². The van der Waals surface area contributed by atoms with Crippen molar-refractivity contribution in [2.75, 3.05) is 25.4 Å². The van der Waals surface area contributed by atoms with Crippen LogP contribution in [0.3, 0.4) is 0 Å². The van der Waals surface area contributed by atoms with Gasteiger partial charge in [-0.2, -0.15) is 0 Å². The van der Waals surface area contributed by atoms with Crippen molar-refractivity contribution in [2.24, 2.45) is 7.05 Å². The maximum absolute atomic E-state index is 12.3. The van der Waals surface area contributed by atoms with Gasteiger partial charge >= 0.3 is 0 Å². The van der Waals surface area contributed by atoms with Gasteiger partial charge in [0, 0.05) is 50.9 Å². The molecule has 2 N–H and O–H groups in total. The molecule has 1 saturated heterocycles. The summed E-state index contributed by atoms with van der Waals surface area (Å²) < 4.78 is 1.96. The summed E-state index contributed by atoms with van der Waals surface area (Å²) in [5, 5.41) is 6.79. The first-order valence-corrected chi connectivity index (χ1v) is 10.0. The van der Waals surface area contributed by atoms with E-state index in [1.807, 2.05) is 17.8 Å². The molecule has 1 aromatic rings. The maximum Gasteiger partial charge on any atom is 0.237 e. The van der Waals surface area contributed by atoms with E-state index >= 15 is 0 Å². The summed E-state index contributed by atoms with van der Waals surface area (Å²) in [6.07, 6.45) is 8.66. The van der Waals surface area contributed by atoms with Crippen molar-refractivity contribution in [1.29, 1.82) is 0 Å². The molecule has 1 aliphatic carbocycles. The van der Waals surface area contributed by atoms with Crippen LogP contribution in [0.5, 0.6) is 0 Å². The van der Waals surface area contributed by atoms with Crippen molar-refractivity contribution in [3.63, 3.8) is 0 Å². The number of nitrogens with one attached hydrogen (secondary N) is 2. The van der Waals surface area contributed by atoms with Gasteiger partial charge in [0.15, 0.2) is 5.16 Å². The van der Waals surface area contributed by atoms with Gasteiger partial charge in [-0.1, -0.05) is 24.6 Å². The van der Waals surface area contributed by atoms with Gasteiger partial charge in [0.2, 0.25) is 11.8 Å². The van der Waals surface area contributed by atoms with Gasteiger partial charge in [-0.05, 0) is 12.8 Å². The highest BCUT2D eigenvalue weighted by Gasteiger charge is 2.36. The van der Waals surface area contributed by atoms with Crippen LogP contribution in [0.15, 0.2) is 17.6 Å². The van der Waals surface area contributed by atoms with Crippen LogP contribution in [0.2, 0.25) is 0 Å². The summed E-state index contributed by atoms with van der Waals surface area (Å²) in [5.74, 6) is 0.709. The third-order valence-corrected chi connectivity index (χ3v) is 6.04. The molecule has 0 aromatic carbocycles. The number of thioether (sulfide) groups is 1. The largest absolute Gasteiger partial charge is 0.355 e. The number of nitrogens with zero attached hydrogens (tertiary/aromatic N) is 3. The molecule has 7 nitrogen and oxygen atoms in total. The molecule has 25 heavy (non-hydrogen) atoms. The Labute approximate surface area is 152 Å². The van der Waals surface area contributed by atoms with Gasteiger partial charge in [0.25, 0.3) is 0 Å². The van der Waals surface area contributed by atoms with Crippen molar-refractivity contribution in [3.8, 4) is 0 Å². The first-order valence-electron chi connectivity index (χ1n) is 9.05. The lowest BCUT2D eigenvalue weighted by atomic mass is 10.0. The molecule has 2 aliphatic rings. The number of hydrogen-bond donors (Lipinski definition) is 2. The summed E-state index contributed by atoms with van der Waals surface area (Å²) in [6, 6.07) is 0.141. The van der Waals surface area contributed by atoms with Crippen molar-refractivity contribution in [1.82, 2.24) is 25.1 Å². The minimum absolute atomic E-state index is 0.00400. The molecule has 8 heteroatoms. The molecule has 2 amide bonds. The number of carbonyl (C=O) groups excluding carboxylic acids is 2. The molecule has 2 heterocycles. The van der Waals surface area contributed by atoms with Gasteiger partial charge in [-0.3, -0.25) is 14.5 Å². The molecule has 1 atom stereocenters. The number of carbonyl (C=O) groups is 2. The Morgan fingerprint density at radius 1 is 1.44 bits per heavy atom. The SMILES string of the molecule is Cn1ccnc1SCCNC(=O)CC1C(=O)NCCN1C1CCCC1. The predicted molar refractivity (Wildman–Crippen MR) is 97.3 cm³/mol. The van der Waals surface area contributed by atoms with Crippen LogP contribution < -0.4 is 10.6 Å². The molecule has 1 aliphatic heterocycles. The Morgan fingerprint density at radius 3 is 2.96 bits per heavy atom. The number of imidazole rings is 1. The predicted octanol–water partition coefficient (Wildman–Crippen LogP) is 0.762. The molecule has 3 rings (SSSR count). The second-order valence-electron chi connectivity index (χ2n) is 6.71. The molecule has 2 fully saturated rings. The topological polar surface area (TPSA) is 79.3 Å². The average Bonchev–Trinajstić information content (AvgIpc) is 3.25. The van der Waals surface area contributed by atoms with E-state index in [1.54, 1.807) is 18.0 Å². The first kappa shape index (κ1) is 18.3. The third-order valence-electron chi connectivity index (χ3n) is 4.98. The second kappa shape index (κ2) is 8.71. The highest BCUT2D eigenvalue weighted by molar-refractivity contribution is 7.99. The van der Waals surface area contributed by atoms with Crippen LogP contribution in [0, 0.1) is 0 Å². The first-order chi connectivity index (χ1) is 12.1. The minimum atomic E-state index is -0.320. The molecule has 0 spiro atoms. The van der Waals surface area contributed by atoms with Crippen LogP contribution in [0.4, 0.5) is 0 Å². The fraction of sp³-hybridized carbons (Fsp3) is 0.706. The lowest BCUT2D eigenvalue weighted by Crippen LogP contribution is -2.59. The molecular formula is C17H27N5O2S. The van der Waals surface area contributed by atoms with Crippen LogP contribution in [-0.4, -0.2) is 63.7 Å². The fourth-order valence-electron chi connectivity index (χ4n) is 3.69. The van der Waals surface area contributed by atoms with Crippen molar-refractivity contribution < 1.29 is 9.59 Å². The smallest absolute Gasteiger partial charge is 0.237 e. The van der Waals surface area contributed by atoms with E-state index in [9.17, 15) is 9.59 Å². The number of rotatable bonds is 7. The standard InChI is InChI=1S/C17H27N5O2S/c1-21-9-6-20-17(21)25-11-8-18-15(23)12-14-16(24)19-7-10-22(14)13-4-2-3-5-13/h6,9,13-14H,2-5,7-8,10-12H2,1H3,(H,18,23)(H,19,24). The second-order valence-corrected chi connectivity index (χ2v) is 7.77. The molecule has 1 aromatic heterocycles. The van der Waals surface area contributed by atoms with Crippen LogP contribution in [0.1, 0.15) is 32.1 Å². The summed E-state index contributed by atoms with van der Waals surface area (Å²) in [7, 11) is 1.95. The maximum atomic E-state index is 12.3. The lowest BCUT2D eigenvalue weighted by Gasteiger charge is -2.38. The zero-order valence-electron chi connectivity index (χ0n) is 14.7. The Balaban J connectivity index is 1.44. The van der Waals surface area contributed by atoms with Crippen LogP contribution >= 0.6 is 11.8 Å². The lowest BCUT2D eigenvalue weighted by molar-refractivity contribution is -0.135. The molecule has 1 saturated carbocycles. The van der Waals surface area contributed by atoms with Gasteiger partial charge in [0.1, 0.15) is 0 Å². The van der Waals surface area contributed by atoms with Crippen molar-refractivity contribution in [2.45, 2.75) is 49.3 Å². The quantitative estimate of drug-likeness (QED) is 0.551. The van der Waals surface area contributed by atoms with Crippen molar-refractivity contribution in [3.05, 3.63) is 12.4 Å².